The second-order valence-corrected chi connectivity index (χ2v) is 5.17. The van der Waals surface area contributed by atoms with Crippen LogP contribution in [-0.2, 0) is 11.0 Å². The molecule has 1 atom stereocenters. The highest BCUT2D eigenvalue weighted by Crippen LogP contribution is 2.36. The average Bonchev–Trinajstić information content (AvgIpc) is 2.46. The van der Waals surface area contributed by atoms with Crippen LogP contribution in [0.4, 0.5) is 29.3 Å². The van der Waals surface area contributed by atoms with Crippen LogP contribution < -0.4 is 16.0 Å². The van der Waals surface area contributed by atoms with E-state index in [4.69, 9.17) is 0 Å². The third kappa shape index (κ3) is 5.94. The summed E-state index contributed by atoms with van der Waals surface area (Å²) < 4.78 is 39.5. The van der Waals surface area contributed by atoms with Crippen molar-refractivity contribution in [1.29, 1.82) is 0 Å². The Morgan fingerprint density at radius 3 is 2.46 bits per heavy atom. The topological polar surface area (TPSA) is 70.2 Å². The Balaban J connectivity index is 2.99. The van der Waals surface area contributed by atoms with Crippen LogP contribution in [0.2, 0.25) is 0 Å². The highest BCUT2D eigenvalue weighted by atomic mass is 19.4. The van der Waals surface area contributed by atoms with Crippen molar-refractivity contribution < 1.29 is 22.8 Å². The molecule has 0 heterocycles. The van der Waals surface area contributed by atoms with E-state index in [1.165, 1.54) is 13.0 Å². The lowest BCUT2D eigenvalue weighted by molar-refractivity contribution is -0.137. The highest BCUT2D eigenvalue weighted by molar-refractivity contribution is 5.92. The largest absolute Gasteiger partial charge is 0.418 e. The zero-order valence-electron chi connectivity index (χ0n) is 13.5. The molecule has 3 N–H and O–H groups in total. The molecule has 0 aliphatic rings. The van der Waals surface area contributed by atoms with Gasteiger partial charge in [0.25, 0.3) is 0 Å². The first-order chi connectivity index (χ1) is 11.2. The summed E-state index contributed by atoms with van der Waals surface area (Å²) >= 11 is 0. The smallest absolute Gasteiger partial charge is 0.335 e. The van der Waals surface area contributed by atoms with Crippen LogP contribution in [-0.4, -0.2) is 18.0 Å². The third-order valence-electron chi connectivity index (χ3n) is 3.17. The number of nitrogens with one attached hydrogen (secondary N) is 3. The maximum absolute atomic E-state index is 13.2. The SMILES string of the molecule is C=CCC(CC)NC(=O)Nc1ccc(NC(C)=O)cc1C(F)(F)F. The minimum absolute atomic E-state index is 0.00104. The third-order valence-corrected chi connectivity index (χ3v) is 3.17. The minimum atomic E-state index is -4.68. The standard InChI is InChI=1S/C16H20F3N3O2/c1-4-6-11(5-2)21-15(24)22-14-8-7-12(20-10(3)23)9-13(14)16(17,18)19/h4,7-9,11H,1,5-6H2,2-3H3,(H,20,23)(H2,21,22,24). The van der Waals surface area contributed by atoms with E-state index in [1.54, 1.807) is 6.08 Å². The van der Waals surface area contributed by atoms with Gasteiger partial charge in [-0.05, 0) is 31.0 Å². The zero-order chi connectivity index (χ0) is 18.3. The zero-order valence-corrected chi connectivity index (χ0v) is 13.5. The average molecular weight is 343 g/mol. The van der Waals surface area contributed by atoms with E-state index in [0.29, 0.717) is 12.8 Å². The number of carbonyl (C=O) groups is 2. The van der Waals surface area contributed by atoms with E-state index in [2.05, 4.69) is 22.5 Å². The molecule has 1 aromatic carbocycles. The molecular weight excluding hydrogens is 323 g/mol. The van der Waals surface area contributed by atoms with Gasteiger partial charge < -0.3 is 16.0 Å². The molecule has 1 aromatic rings. The van der Waals surface area contributed by atoms with Crippen LogP contribution in [0.3, 0.4) is 0 Å². The van der Waals surface area contributed by atoms with Crippen LogP contribution >= 0.6 is 0 Å². The quantitative estimate of drug-likeness (QED) is 0.680. The van der Waals surface area contributed by atoms with Gasteiger partial charge in [0, 0.05) is 18.7 Å². The second kappa shape index (κ2) is 8.37. The summed E-state index contributed by atoms with van der Waals surface area (Å²) in [6.07, 6.45) is -1.93. The number of anilines is 2. The van der Waals surface area contributed by atoms with Crippen LogP contribution in [0.25, 0.3) is 0 Å². The molecule has 1 rings (SSSR count). The molecule has 132 valence electrons. The molecule has 3 amide bonds. The maximum Gasteiger partial charge on any atom is 0.418 e. The Morgan fingerprint density at radius 2 is 1.96 bits per heavy atom. The molecule has 0 aliphatic carbocycles. The Kier molecular flexibility index (Phi) is 6.82. The van der Waals surface area contributed by atoms with Gasteiger partial charge in [-0.15, -0.1) is 6.58 Å². The van der Waals surface area contributed by atoms with Crippen LogP contribution in [0, 0.1) is 0 Å². The van der Waals surface area contributed by atoms with Crippen molar-refractivity contribution >= 4 is 23.3 Å². The van der Waals surface area contributed by atoms with Crippen LogP contribution in [0.5, 0.6) is 0 Å². The first-order valence-electron chi connectivity index (χ1n) is 7.34. The summed E-state index contributed by atoms with van der Waals surface area (Å²) in [7, 11) is 0. The lowest BCUT2D eigenvalue weighted by Gasteiger charge is -2.18. The summed E-state index contributed by atoms with van der Waals surface area (Å²) in [4.78, 5) is 22.9. The van der Waals surface area contributed by atoms with Crippen molar-refractivity contribution in [3.05, 3.63) is 36.4 Å². The number of hydrogen-bond acceptors (Lipinski definition) is 2. The lowest BCUT2D eigenvalue weighted by atomic mass is 10.1. The predicted octanol–water partition coefficient (Wildman–Crippen LogP) is 4.14. The molecule has 0 bridgehead atoms. The fourth-order valence-electron chi connectivity index (χ4n) is 2.04. The molecule has 0 saturated carbocycles. The molecule has 0 fully saturated rings. The lowest BCUT2D eigenvalue weighted by Crippen LogP contribution is -2.37. The highest BCUT2D eigenvalue weighted by Gasteiger charge is 2.34. The molecule has 0 spiro atoms. The van der Waals surface area contributed by atoms with Crippen LogP contribution in [0.1, 0.15) is 32.3 Å². The van der Waals surface area contributed by atoms with Gasteiger partial charge in [-0.1, -0.05) is 13.0 Å². The van der Waals surface area contributed by atoms with Gasteiger partial charge in [0.05, 0.1) is 11.3 Å². The number of rotatable bonds is 6. The van der Waals surface area contributed by atoms with E-state index < -0.39 is 23.7 Å². The van der Waals surface area contributed by atoms with Crippen molar-refractivity contribution in [2.24, 2.45) is 0 Å². The molecule has 0 saturated heterocycles. The fourth-order valence-corrected chi connectivity index (χ4v) is 2.04. The van der Waals surface area contributed by atoms with E-state index in [9.17, 15) is 22.8 Å². The Bertz CT molecular complexity index is 615. The van der Waals surface area contributed by atoms with Gasteiger partial charge in [-0.2, -0.15) is 13.2 Å². The molecule has 0 aromatic heterocycles. The Labute approximate surface area is 138 Å². The summed E-state index contributed by atoms with van der Waals surface area (Å²) in [5.41, 5.74) is -1.43. The van der Waals surface area contributed by atoms with Gasteiger partial charge in [-0.3, -0.25) is 4.79 Å². The maximum atomic E-state index is 13.2. The summed E-state index contributed by atoms with van der Waals surface area (Å²) in [5, 5.41) is 7.06. The van der Waals surface area contributed by atoms with Gasteiger partial charge in [0.1, 0.15) is 0 Å². The van der Waals surface area contributed by atoms with Crippen molar-refractivity contribution in [3.8, 4) is 0 Å². The summed E-state index contributed by atoms with van der Waals surface area (Å²) in [6, 6.07) is 2.21. The number of amides is 3. The van der Waals surface area contributed by atoms with Crippen LogP contribution in [0.15, 0.2) is 30.9 Å². The molecule has 8 heteroatoms. The minimum Gasteiger partial charge on any atom is -0.335 e. The summed E-state index contributed by atoms with van der Waals surface area (Å²) in [5.74, 6) is -0.489. The Hall–Kier alpha value is -2.51. The molecular formula is C16H20F3N3O2. The van der Waals surface area contributed by atoms with Crippen molar-refractivity contribution in [1.82, 2.24) is 5.32 Å². The molecule has 0 radical (unpaired) electrons. The second-order valence-electron chi connectivity index (χ2n) is 5.17. The van der Waals surface area contributed by atoms with Gasteiger partial charge in [-0.25, -0.2) is 4.79 Å². The van der Waals surface area contributed by atoms with Crippen molar-refractivity contribution in [2.45, 2.75) is 38.9 Å². The number of benzene rings is 1. The van der Waals surface area contributed by atoms with E-state index in [1.807, 2.05) is 6.92 Å². The number of alkyl halides is 3. The Morgan fingerprint density at radius 1 is 1.29 bits per heavy atom. The first kappa shape index (κ1) is 19.5. The van der Waals surface area contributed by atoms with Gasteiger partial charge in [0.2, 0.25) is 5.91 Å². The van der Waals surface area contributed by atoms with Gasteiger partial charge >= 0.3 is 12.2 Å². The molecule has 1 unspecified atom stereocenters. The number of urea groups is 1. The number of carbonyl (C=O) groups excluding carboxylic acids is 2. The first-order valence-corrected chi connectivity index (χ1v) is 7.34. The van der Waals surface area contributed by atoms with E-state index >= 15 is 0 Å². The van der Waals surface area contributed by atoms with Crippen molar-refractivity contribution in [3.63, 3.8) is 0 Å². The molecule has 5 nitrogen and oxygen atoms in total. The van der Waals surface area contributed by atoms with Crippen molar-refractivity contribution in [2.75, 3.05) is 10.6 Å². The number of hydrogen-bond donors (Lipinski definition) is 3. The molecule has 0 aliphatic heterocycles. The van der Waals surface area contributed by atoms with Gasteiger partial charge in [0.15, 0.2) is 0 Å². The predicted molar refractivity (Wildman–Crippen MR) is 86.8 cm³/mol. The molecule has 24 heavy (non-hydrogen) atoms. The van der Waals surface area contributed by atoms with E-state index in [0.717, 1.165) is 12.1 Å². The normalized spacial score (nSPS) is 12.2. The number of halogens is 3. The van der Waals surface area contributed by atoms with E-state index in [-0.39, 0.29) is 17.4 Å². The monoisotopic (exact) mass is 343 g/mol. The summed E-state index contributed by atoms with van der Waals surface area (Å²) in [6.45, 7) is 6.60. The fraction of sp³-hybridized carbons (Fsp3) is 0.375.